The fourth-order valence-electron chi connectivity index (χ4n) is 1.33. The van der Waals surface area contributed by atoms with Crippen LogP contribution < -0.4 is 4.74 Å². The molecule has 0 aliphatic carbocycles. The maximum absolute atomic E-state index is 5.36. The average Bonchev–Trinajstić information content (AvgIpc) is 2.67. The zero-order valence-corrected chi connectivity index (χ0v) is 8.84. The monoisotopic (exact) mass is 203 g/mol. The van der Waals surface area contributed by atoms with Crippen LogP contribution in [-0.2, 0) is 0 Å². The summed E-state index contributed by atoms with van der Waals surface area (Å²) in [6, 6.07) is 7.77. The molecule has 78 valence electrons. The van der Waals surface area contributed by atoms with E-state index in [9.17, 15) is 0 Å². The summed E-state index contributed by atoms with van der Waals surface area (Å²) in [5.74, 6) is 1.64. The standard InChI is InChI=1S/C11H13N3O/c1-3-15-11-6-4-10(5-7-11)14-8-12-9(2)13-14/h4-8H,3H2,1-2H3. The van der Waals surface area contributed by atoms with Crippen LogP contribution in [0.1, 0.15) is 12.7 Å². The fourth-order valence-corrected chi connectivity index (χ4v) is 1.33. The molecule has 0 saturated heterocycles. The lowest BCUT2D eigenvalue weighted by atomic mass is 10.3. The zero-order chi connectivity index (χ0) is 10.7. The quantitative estimate of drug-likeness (QED) is 0.765. The predicted molar refractivity (Wildman–Crippen MR) is 57.3 cm³/mol. The van der Waals surface area contributed by atoms with Gasteiger partial charge >= 0.3 is 0 Å². The van der Waals surface area contributed by atoms with E-state index in [1.807, 2.05) is 38.1 Å². The lowest BCUT2D eigenvalue weighted by molar-refractivity contribution is 0.340. The Bertz CT molecular complexity index is 433. The van der Waals surface area contributed by atoms with Crippen molar-refractivity contribution in [2.24, 2.45) is 0 Å². The molecule has 0 N–H and O–H groups in total. The van der Waals surface area contributed by atoms with Crippen LogP contribution in [0.15, 0.2) is 30.6 Å². The number of aromatic nitrogens is 3. The smallest absolute Gasteiger partial charge is 0.147 e. The second kappa shape index (κ2) is 4.13. The summed E-state index contributed by atoms with van der Waals surface area (Å²) in [4.78, 5) is 4.07. The molecule has 15 heavy (non-hydrogen) atoms. The number of hydrogen-bond acceptors (Lipinski definition) is 3. The van der Waals surface area contributed by atoms with Crippen LogP contribution in [0.5, 0.6) is 5.75 Å². The van der Waals surface area contributed by atoms with Crippen molar-refractivity contribution in [1.29, 1.82) is 0 Å². The minimum atomic E-state index is 0.682. The molecule has 2 aromatic rings. The number of aryl methyl sites for hydroxylation is 1. The normalized spacial score (nSPS) is 10.3. The van der Waals surface area contributed by atoms with Gasteiger partial charge in [0.2, 0.25) is 0 Å². The van der Waals surface area contributed by atoms with Crippen molar-refractivity contribution >= 4 is 0 Å². The summed E-state index contributed by atoms with van der Waals surface area (Å²) in [5.41, 5.74) is 0.985. The van der Waals surface area contributed by atoms with Gasteiger partial charge in [-0.1, -0.05) is 0 Å². The molecule has 2 rings (SSSR count). The fraction of sp³-hybridized carbons (Fsp3) is 0.273. The van der Waals surface area contributed by atoms with Crippen LogP contribution in [0, 0.1) is 6.92 Å². The Kier molecular flexibility index (Phi) is 2.67. The molecule has 0 radical (unpaired) electrons. The molecule has 1 heterocycles. The van der Waals surface area contributed by atoms with E-state index in [0.29, 0.717) is 6.61 Å². The summed E-state index contributed by atoms with van der Waals surface area (Å²) in [7, 11) is 0. The highest BCUT2D eigenvalue weighted by Crippen LogP contribution is 2.14. The molecular weight excluding hydrogens is 190 g/mol. The SMILES string of the molecule is CCOc1ccc(-n2cnc(C)n2)cc1. The van der Waals surface area contributed by atoms with Gasteiger partial charge in [0, 0.05) is 0 Å². The molecule has 0 amide bonds. The Hall–Kier alpha value is -1.84. The van der Waals surface area contributed by atoms with Crippen molar-refractivity contribution in [3.8, 4) is 11.4 Å². The molecule has 0 saturated carbocycles. The Morgan fingerprint density at radius 3 is 2.53 bits per heavy atom. The summed E-state index contributed by atoms with van der Waals surface area (Å²) < 4.78 is 7.10. The van der Waals surface area contributed by atoms with E-state index in [2.05, 4.69) is 10.1 Å². The van der Waals surface area contributed by atoms with Crippen LogP contribution in [0.2, 0.25) is 0 Å². The van der Waals surface area contributed by atoms with Gasteiger partial charge < -0.3 is 4.74 Å². The molecular formula is C11H13N3O. The highest BCUT2D eigenvalue weighted by molar-refractivity contribution is 5.36. The molecule has 0 aliphatic rings. The zero-order valence-electron chi connectivity index (χ0n) is 8.84. The van der Waals surface area contributed by atoms with Crippen molar-refractivity contribution in [3.63, 3.8) is 0 Å². The molecule has 1 aromatic carbocycles. The highest BCUT2D eigenvalue weighted by Gasteiger charge is 1.99. The minimum absolute atomic E-state index is 0.682. The predicted octanol–water partition coefficient (Wildman–Crippen LogP) is 1.97. The van der Waals surface area contributed by atoms with Crippen molar-refractivity contribution in [3.05, 3.63) is 36.4 Å². The molecule has 0 spiro atoms. The lowest BCUT2D eigenvalue weighted by Gasteiger charge is -2.04. The van der Waals surface area contributed by atoms with Crippen LogP contribution in [-0.4, -0.2) is 21.4 Å². The van der Waals surface area contributed by atoms with Crippen LogP contribution in [0.4, 0.5) is 0 Å². The van der Waals surface area contributed by atoms with Crippen LogP contribution in [0.25, 0.3) is 5.69 Å². The van der Waals surface area contributed by atoms with E-state index in [4.69, 9.17) is 4.74 Å². The number of hydrogen-bond donors (Lipinski definition) is 0. The van der Waals surface area contributed by atoms with E-state index in [-0.39, 0.29) is 0 Å². The number of nitrogens with zero attached hydrogens (tertiary/aromatic N) is 3. The molecule has 0 unspecified atom stereocenters. The Morgan fingerprint density at radius 2 is 2.00 bits per heavy atom. The van der Waals surface area contributed by atoms with E-state index in [1.54, 1.807) is 11.0 Å². The molecule has 0 aliphatic heterocycles. The first-order chi connectivity index (χ1) is 7.29. The lowest BCUT2D eigenvalue weighted by Crippen LogP contribution is -1.96. The first kappa shape index (κ1) is 9.71. The summed E-state index contributed by atoms with van der Waals surface area (Å²) >= 11 is 0. The molecule has 4 nitrogen and oxygen atoms in total. The van der Waals surface area contributed by atoms with Gasteiger partial charge in [0.15, 0.2) is 0 Å². The number of rotatable bonds is 3. The van der Waals surface area contributed by atoms with Crippen molar-refractivity contribution in [2.75, 3.05) is 6.61 Å². The van der Waals surface area contributed by atoms with Crippen molar-refractivity contribution < 1.29 is 4.74 Å². The van der Waals surface area contributed by atoms with E-state index in [0.717, 1.165) is 17.3 Å². The van der Waals surface area contributed by atoms with E-state index >= 15 is 0 Å². The van der Waals surface area contributed by atoms with E-state index in [1.165, 1.54) is 0 Å². The summed E-state index contributed by atoms with van der Waals surface area (Å²) in [6.07, 6.45) is 1.70. The van der Waals surface area contributed by atoms with Gasteiger partial charge in [-0.25, -0.2) is 9.67 Å². The molecule has 0 fully saturated rings. The summed E-state index contributed by atoms with van der Waals surface area (Å²) in [5, 5.41) is 4.22. The molecule has 4 heteroatoms. The van der Waals surface area contributed by atoms with Crippen molar-refractivity contribution in [1.82, 2.24) is 14.8 Å². The minimum Gasteiger partial charge on any atom is -0.494 e. The van der Waals surface area contributed by atoms with Gasteiger partial charge in [-0.2, -0.15) is 5.10 Å². The van der Waals surface area contributed by atoms with Gasteiger partial charge in [0.1, 0.15) is 17.9 Å². The largest absolute Gasteiger partial charge is 0.494 e. The van der Waals surface area contributed by atoms with Crippen LogP contribution in [0.3, 0.4) is 0 Å². The average molecular weight is 203 g/mol. The van der Waals surface area contributed by atoms with Gasteiger partial charge in [-0.05, 0) is 38.1 Å². The maximum atomic E-state index is 5.36. The van der Waals surface area contributed by atoms with Gasteiger partial charge in [0.25, 0.3) is 0 Å². The van der Waals surface area contributed by atoms with E-state index < -0.39 is 0 Å². The number of benzene rings is 1. The van der Waals surface area contributed by atoms with Crippen molar-refractivity contribution in [2.45, 2.75) is 13.8 Å². The summed E-state index contributed by atoms with van der Waals surface area (Å²) in [6.45, 7) is 4.52. The number of ether oxygens (including phenoxy) is 1. The van der Waals surface area contributed by atoms with Gasteiger partial charge in [0.05, 0.1) is 12.3 Å². The van der Waals surface area contributed by atoms with Crippen LogP contribution >= 0.6 is 0 Å². The van der Waals surface area contributed by atoms with Gasteiger partial charge in [-0.15, -0.1) is 0 Å². The topological polar surface area (TPSA) is 39.9 Å². The third-order valence-corrected chi connectivity index (χ3v) is 2.02. The highest BCUT2D eigenvalue weighted by atomic mass is 16.5. The van der Waals surface area contributed by atoms with Gasteiger partial charge in [-0.3, -0.25) is 0 Å². The molecule has 0 bridgehead atoms. The second-order valence-electron chi connectivity index (χ2n) is 3.16. The first-order valence-electron chi connectivity index (χ1n) is 4.91. The Labute approximate surface area is 88.5 Å². The molecule has 0 atom stereocenters. The third-order valence-electron chi connectivity index (χ3n) is 2.02. The second-order valence-corrected chi connectivity index (χ2v) is 3.16. The first-order valence-corrected chi connectivity index (χ1v) is 4.91. The Morgan fingerprint density at radius 1 is 1.27 bits per heavy atom. The maximum Gasteiger partial charge on any atom is 0.147 e. The third kappa shape index (κ3) is 2.15. The molecule has 1 aromatic heterocycles. The Balaban J connectivity index is 2.23.